The zero-order chi connectivity index (χ0) is 24.9. The smallest absolute Gasteiger partial charge is 0.330 e. The third kappa shape index (κ3) is 4.15. The van der Waals surface area contributed by atoms with Crippen LogP contribution in [0.15, 0.2) is 41.3 Å². The minimum Gasteiger partial charge on any atom is -0.478 e. The molecular formula is C27H31FN6O2. The quantitative estimate of drug-likeness (QED) is 0.364. The predicted octanol–water partition coefficient (Wildman–Crippen LogP) is 4.06. The van der Waals surface area contributed by atoms with Crippen LogP contribution in [-0.4, -0.2) is 61.6 Å². The molecular weight excluding hydrogens is 459 g/mol. The predicted molar refractivity (Wildman–Crippen MR) is 137 cm³/mol. The van der Waals surface area contributed by atoms with Crippen molar-refractivity contribution < 1.29 is 9.13 Å². The standard InChI is InChI=1S/C27H31FN6O2/c1-27(10-11-27)34-24-21-16-18(4-6-22(21)30-31-25(24)32(2)26(34)35)19-5-7-23(29-17-19)36-15-3-12-33-13-8-20(28)9-14-33/h4-7,16-17,20H,3,8-15H2,1-2H3. The van der Waals surface area contributed by atoms with Crippen molar-refractivity contribution in [2.75, 3.05) is 26.2 Å². The average Bonchev–Trinajstić information content (AvgIpc) is 3.58. The first-order valence-electron chi connectivity index (χ1n) is 12.8. The summed E-state index contributed by atoms with van der Waals surface area (Å²) in [7, 11) is 1.76. The first kappa shape index (κ1) is 23.1. The van der Waals surface area contributed by atoms with Crippen LogP contribution in [0.5, 0.6) is 5.88 Å². The Kier molecular flexibility index (Phi) is 5.75. The first-order valence-corrected chi connectivity index (χ1v) is 12.8. The molecule has 8 nitrogen and oxygen atoms in total. The number of rotatable bonds is 7. The number of likely N-dealkylation sites (tertiary alicyclic amines) is 1. The zero-order valence-corrected chi connectivity index (χ0v) is 20.8. The van der Waals surface area contributed by atoms with Gasteiger partial charge in [0.2, 0.25) is 5.88 Å². The highest BCUT2D eigenvalue weighted by atomic mass is 19.1. The van der Waals surface area contributed by atoms with Gasteiger partial charge >= 0.3 is 5.69 Å². The number of aromatic nitrogens is 5. The molecule has 0 unspecified atom stereocenters. The summed E-state index contributed by atoms with van der Waals surface area (Å²) in [5.74, 6) is 0.591. The summed E-state index contributed by atoms with van der Waals surface area (Å²) in [6.45, 7) is 5.28. The molecule has 0 spiro atoms. The van der Waals surface area contributed by atoms with E-state index in [1.165, 1.54) is 0 Å². The lowest BCUT2D eigenvalue weighted by molar-refractivity contribution is 0.142. The van der Waals surface area contributed by atoms with Gasteiger partial charge in [0.25, 0.3) is 0 Å². The maximum Gasteiger partial charge on any atom is 0.330 e. The molecule has 0 radical (unpaired) electrons. The van der Waals surface area contributed by atoms with Crippen molar-refractivity contribution in [2.24, 2.45) is 7.05 Å². The third-order valence-corrected chi connectivity index (χ3v) is 7.70. The Balaban J connectivity index is 1.21. The Bertz CT molecular complexity index is 1470. The van der Waals surface area contributed by atoms with E-state index in [2.05, 4.69) is 33.1 Å². The van der Waals surface area contributed by atoms with E-state index in [-0.39, 0.29) is 11.2 Å². The van der Waals surface area contributed by atoms with Crippen LogP contribution in [-0.2, 0) is 12.6 Å². The van der Waals surface area contributed by atoms with E-state index in [0.29, 0.717) is 31.0 Å². The van der Waals surface area contributed by atoms with E-state index >= 15 is 0 Å². The van der Waals surface area contributed by atoms with Crippen molar-refractivity contribution in [3.8, 4) is 17.0 Å². The molecule has 6 rings (SSSR count). The number of hydrogen-bond acceptors (Lipinski definition) is 6. The van der Waals surface area contributed by atoms with Crippen molar-refractivity contribution in [1.82, 2.24) is 29.2 Å². The molecule has 1 aliphatic heterocycles. The van der Waals surface area contributed by atoms with Crippen LogP contribution in [0.3, 0.4) is 0 Å². The molecule has 1 aliphatic carbocycles. The van der Waals surface area contributed by atoms with Gasteiger partial charge in [-0.2, -0.15) is 0 Å². The second kappa shape index (κ2) is 8.96. The van der Waals surface area contributed by atoms with Gasteiger partial charge in [0.1, 0.15) is 11.7 Å². The number of halogens is 1. The van der Waals surface area contributed by atoms with Crippen LogP contribution in [0.1, 0.15) is 39.0 Å². The fraction of sp³-hybridized carbons (Fsp3) is 0.481. The molecule has 0 bridgehead atoms. The Morgan fingerprint density at radius 2 is 1.89 bits per heavy atom. The number of hydrogen-bond donors (Lipinski definition) is 0. The molecule has 188 valence electrons. The van der Waals surface area contributed by atoms with Crippen LogP contribution in [0.25, 0.3) is 33.2 Å². The number of pyridine rings is 1. The zero-order valence-electron chi connectivity index (χ0n) is 20.8. The van der Waals surface area contributed by atoms with E-state index in [0.717, 1.165) is 66.4 Å². The molecule has 4 heterocycles. The van der Waals surface area contributed by atoms with Crippen molar-refractivity contribution in [3.63, 3.8) is 0 Å². The van der Waals surface area contributed by atoms with Gasteiger partial charge in [-0.05, 0) is 62.8 Å². The highest BCUT2D eigenvalue weighted by molar-refractivity contribution is 6.02. The number of ether oxygens (including phenoxy) is 1. The Labute approximate surface area is 208 Å². The molecule has 4 aromatic rings. The molecule has 2 aliphatic rings. The van der Waals surface area contributed by atoms with Gasteiger partial charge in [-0.3, -0.25) is 9.13 Å². The summed E-state index contributed by atoms with van der Waals surface area (Å²) in [5, 5.41) is 9.65. The average molecular weight is 491 g/mol. The summed E-state index contributed by atoms with van der Waals surface area (Å²) in [6.07, 6.45) is 5.31. The lowest BCUT2D eigenvalue weighted by Gasteiger charge is -2.28. The first-order chi connectivity index (χ1) is 17.4. The molecule has 0 N–H and O–H groups in total. The number of nitrogens with zero attached hydrogens (tertiary/aromatic N) is 6. The molecule has 0 amide bonds. The lowest BCUT2D eigenvalue weighted by Crippen LogP contribution is -2.35. The summed E-state index contributed by atoms with van der Waals surface area (Å²) >= 11 is 0. The Morgan fingerprint density at radius 3 is 2.61 bits per heavy atom. The summed E-state index contributed by atoms with van der Waals surface area (Å²) in [4.78, 5) is 19.8. The van der Waals surface area contributed by atoms with E-state index in [9.17, 15) is 9.18 Å². The number of fused-ring (bicyclic) bond motifs is 3. The van der Waals surface area contributed by atoms with Crippen molar-refractivity contribution in [1.29, 1.82) is 0 Å². The molecule has 3 aromatic heterocycles. The van der Waals surface area contributed by atoms with Gasteiger partial charge < -0.3 is 9.64 Å². The van der Waals surface area contributed by atoms with Crippen LogP contribution < -0.4 is 10.4 Å². The van der Waals surface area contributed by atoms with Crippen LogP contribution >= 0.6 is 0 Å². The largest absolute Gasteiger partial charge is 0.478 e. The molecule has 1 saturated heterocycles. The molecule has 2 fully saturated rings. The van der Waals surface area contributed by atoms with Gasteiger partial charge in [-0.1, -0.05) is 6.07 Å². The van der Waals surface area contributed by atoms with Crippen LogP contribution in [0.2, 0.25) is 0 Å². The second-order valence-electron chi connectivity index (χ2n) is 10.4. The highest BCUT2D eigenvalue weighted by Crippen LogP contribution is 2.44. The maximum atomic E-state index is 13.3. The fourth-order valence-electron chi connectivity index (χ4n) is 5.18. The van der Waals surface area contributed by atoms with Crippen LogP contribution in [0, 0.1) is 0 Å². The van der Waals surface area contributed by atoms with Gasteiger partial charge in [0, 0.05) is 55.4 Å². The molecule has 1 saturated carbocycles. The summed E-state index contributed by atoms with van der Waals surface area (Å²) in [5.41, 5.74) is 3.96. The topological polar surface area (TPSA) is 78.1 Å². The molecule has 36 heavy (non-hydrogen) atoms. The number of aryl methyl sites for hydroxylation is 1. The fourth-order valence-corrected chi connectivity index (χ4v) is 5.18. The second-order valence-corrected chi connectivity index (χ2v) is 10.4. The van der Waals surface area contributed by atoms with E-state index in [1.807, 2.05) is 35.0 Å². The number of benzene rings is 1. The monoisotopic (exact) mass is 490 g/mol. The SMILES string of the molecule is Cn1c(=O)n(C2(C)CC2)c2c3cc(-c4ccc(OCCCN5CCC(F)CC5)nc4)ccc3nnc21. The number of alkyl halides is 1. The summed E-state index contributed by atoms with van der Waals surface area (Å²) < 4.78 is 22.6. The van der Waals surface area contributed by atoms with Gasteiger partial charge in [-0.15, -0.1) is 10.2 Å². The van der Waals surface area contributed by atoms with E-state index < -0.39 is 6.17 Å². The highest BCUT2D eigenvalue weighted by Gasteiger charge is 2.42. The van der Waals surface area contributed by atoms with Gasteiger partial charge in [0.15, 0.2) is 5.65 Å². The van der Waals surface area contributed by atoms with E-state index in [1.54, 1.807) is 11.6 Å². The minimum atomic E-state index is -0.638. The molecule has 0 atom stereocenters. The van der Waals surface area contributed by atoms with Crippen molar-refractivity contribution in [3.05, 3.63) is 47.0 Å². The Morgan fingerprint density at radius 1 is 1.11 bits per heavy atom. The number of piperidine rings is 1. The summed E-state index contributed by atoms with van der Waals surface area (Å²) in [6, 6.07) is 9.92. The maximum absolute atomic E-state index is 13.3. The lowest BCUT2D eigenvalue weighted by atomic mass is 10.0. The van der Waals surface area contributed by atoms with Crippen molar-refractivity contribution in [2.45, 2.75) is 50.7 Å². The normalized spacial score (nSPS) is 18.2. The molecule has 9 heteroatoms. The van der Waals surface area contributed by atoms with E-state index in [4.69, 9.17) is 4.74 Å². The molecule has 1 aromatic carbocycles. The van der Waals surface area contributed by atoms with Gasteiger partial charge in [0.05, 0.1) is 12.1 Å². The van der Waals surface area contributed by atoms with Gasteiger partial charge in [-0.25, -0.2) is 14.2 Å². The minimum absolute atomic E-state index is 0.0488. The number of imidazole rings is 1. The van der Waals surface area contributed by atoms with Crippen molar-refractivity contribution >= 4 is 22.1 Å². The van der Waals surface area contributed by atoms with Crippen LogP contribution in [0.4, 0.5) is 4.39 Å². The third-order valence-electron chi connectivity index (χ3n) is 7.70. The Hall–Kier alpha value is -3.33.